The van der Waals surface area contributed by atoms with Gasteiger partial charge < -0.3 is 0 Å². The van der Waals surface area contributed by atoms with Crippen LogP contribution in [-0.4, -0.2) is 5.84 Å². The van der Waals surface area contributed by atoms with E-state index in [0.717, 1.165) is 15.6 Å². The lowest BCUT2D eigenvalue weighted by Gasteiger charge is -2.00. The van der Waals surface area contributed by atoms with Crippen LogP contribution in [0.5, 0.6) is 0 Å². The predicted molar refractivity (Wildman–Crippen MR) is 89.8 cm³/mol. The van der Waals surface area contributed by atoms with Crippen LogP contribution in [-0.2, 0) is 0 Å². The monoisotopic (exact) mass is 312 g/mol. The maximum absolute atomic E-state index is 4.36. The van der Waals surface area contributed by atoms with Crippen molar-refractivity contribution < 1.29 is 0 Å². The van der Waals surface area contributed by atoms with Crippen LogP contribution in [0.25, 0.3) is 0 Å². The number of hydrogen-bond donors (Lipinski definition) is 1. The molecule has 3 aromatic rings. The molecule has 104 valence electrons. The molecule has 0 amide bonds. The molecule has 2 aromatic heterocycles. The zero-order valence-electron chi connectivity index (χ0n) is 11.0. The number of nitrogens with one attached hydrogen (secondary N) is 1. The van der Waals surface area contributed by atoms with Crippen LogP contribution < -0.4 is 5.43 Å². The number of amidine groups is 1. The molecule has 0 spiro atoms. The molecule has 1 N–H and O–H groups in total. The van der Waals surface area contributed by atoms with Gasteiger partial charge in [0.05, 0.1) is 0 Å². The molecule has 2 heterocycles. The van der Waals surface area contributed by atoms with Crippen molar-refractivity contribution in [2.75, 3.05) is 5.43 Å². The maximum Gasteiger partial charge on any atom is 0.201 e. The minimum atomic E-state index is 0.553. The van der Waals surface area contributed by atoms with Gasteiger partial charge in [0, 0.05) is 5.56 Å². The molecule has 3 rings (SSSR count). The molecule has 0 fully saturated rings. The van der Waals surface area contributed by atoms with Crippen LogP contribution in [0, 0.1) is 0 Å². The Morgan fingerprint density at radius 2 is 1.67 bits per heavy atom. The third-order valence-corrected chi connectivity index (χ3v) is 4.10. The molecule has 0 aliphatic carbocycles. The van der Waals surface area contributed by atoms with Crippen LogP contribution >= 0.6 is 22.7 Å². The lowest BCUT2D eigenvalue weighted by molar-refractivity contribution is 1.24. The van der Waals surface area contributed by atoms with Crippen LogP contribution in [0.15, 0.2) is 80.7 Å². The molecule has 1 aromatic carbocycles. The average molecular weight is 312 g/mol. The van der Waals surface area contributed by atoms with Crippen molar-refractivity contribution in [1.82, 2.24) is 0 Å². The van der Waals surface area contributed by atoms with Crippen molar-refractivity contribution in [2.24, 2.45) is 15.3 Å². The zero-order chi connectivity index (χ0) is 14.3. The standard InChI is InChI=1S/C15H12N4S2/c1-2-6-12(7-3-1)15(18-16-13-8-4-10-20-13)19-17-14-9-5-11-21-14/h1-11,16H/b18-15+,19-17?. The first-order valence-corrected chi connectivity index (χ1v) is 8.05. The van der Waals surface area contributed by atoms with Crippen molar-refractivity contribution >= 4 is 38.5 Å². The van der Waals surface area contributed by atoms with Crippen molar-refractivity contribution in [3.8, 4) is 0 Å². The van der Waals surface area contributed by atoms with E-state index in [4.69, 9.17) is 0 Å². The summed E-state index contributed by atoms with van der Waals surface area (Å²) >= 11 is 3.13. The van der Waals surface area contributed by atoms with E-state index in [-0.39, 0.29) is 0 Å². The lowest BCUT2D eigenvalue weighted by Crippen LogP contribution is -2.00. The summed E-state index contributed by atoms with van der Waals surface area (Å²) in [5, 5.41) is 18.6. The van der Waals surface area contributed by atoms with Gasteiger partial charge in [-0.2, -0.15) is 5.10 Å². The Hall–Kier alpha value is -2.31. The average Bonchev–Trinajstić information content (AvgIpc) is 3.21. The second-order valence-electron chi connectivity index (χ2n) is 4.04. The van der Waals surface area contributed by atoms with Crippen molar-refractivity contribution in [3.05, 3.63) is 70.9 Å². The third-order valence-electron chi connectivity index (χ3n) is 2.57. The second kappa shape index (κ2) is 6.92. The molecule has 0 saturated carbocycles. The number of rotatable bonds is 4. The Bertz CT molecular complexity index is 716. The number of azo groups is 1. The van der Waals surface area contributed by atoms with Crippen LogP contribution in [0.3, 0.4) is 0 Å². The number of hydrazone groups is 1. The summed E-state index contributed by atoms with van der Waals surface area (Å²) in [4.78, 5) is 0. The Balaban J connectivity index is 1.85. The van der Waals surface area contributed by atoms with Crippen LogP contribution in [0.1, 0.15) is 5.56 Å². The molecule has 0 bridgehead atoms. The highest BCUT2D eigenvalue weighted by molar-refractivity contribution is 7.14. The van der Waals surface area contributed by atoms with Gasteiger partial charge in [-0.1, -0.05) is 30.3 Å². The smallest absolute Gasteiger partial charge is 0.201 e. The second-order valence-corrected chi connectivity index (χ2v) is 5.92. The molecule has 0 unspecified atom stereocenters. The Morgan fingerprint density at radius 3 is 2.38 bits per heavy atom. The van der Waals surface area contributed by atoms with Crippen molar-refractivity contribution in [3.63, 3.8) is 0 Å². The fourth-order valence-electron chi connectivity index (χ4n) is 1.61. The highest BCUT2D eigenvalue weighted by Crippen LogP contribution is 2.20. The highest BCUT2D eigenvalue weighted by Gasteiger charge is 2.02. The fourth-order valence-corrected chi connectivity index (χ4v) is 2.71. The van der Waals surface area contributed by atoms with Gasteiger partial charge >= 0.3 is 0 Å². The molecule has 0 aliphatic heterocycles. The summed E-state index contributed by atoms with van der Waals surface area (Å²) in [5.41, 5.74) is 3.93. The van der Waals surface area contributed by atoms with E-state index in [1.165, 1.54) is 0 Å². The molecular formula is C15H12N4S2. The van der Waals surface area contributed by atoms with E-state index in [0.29, 0.717) is 5.84 Å². The number of hydrogen-bond acceptors (Lipinski definition) is 5. The predicted octanol–water partition coefficient (Wildman–Crippen LogP) is 5.37. The minimum Gasteiger partial charge on any atom is -0.266 e. The van der Waals surface area contributed by atoms with Gasteiger partial charge in [0.25, 0.3) is 0 Å². The van der Waals surface area contributed by atoms with E-state index < -0.39 is 0 Å². The van der Waals surface area contributed by atoms with Gasteiger partial charge in [-0.05, 0) is 35.0 Å². The number of anilines is 1. The van der Waals surface area contributed by atoms with Crippen LogP contribution in [0.2, 0.25) is 0 Å². The molecular weight excluding hydrogens is 300 g/mol. The van der Waals surface area contributed by atoms with Gasteiger partial charge in [0.1, 0.15) is 10.0 Å². The largest absolute Gasteiger partial charge is 0.266 e. The van der Waals surface area contributed by atoms with Gasteiger partial charge in [0.2, 0.25) is 5.84 Å². The summed E-state index contributed by atoms with van der Waals surface area (Å²) in [7, 11) is 0. The first-order valence-electron chi connectivity index (χ1n) is 6.30. The van der Waals surface area contributed by atoms with Crippen LogP contribution in [0.4, 0.5) is 10.0 Å². The van der Waals surface area contributed by atoms with E-state index in [1.807, 2.05) is 65.4 Å². The first-order chi connectivity index (χ1) is 10.4. The molecule has 0 radical (unpaired) electrons. The van der Waals surface area contributed by atoms with Gasteiger partial charge in [-0.25, -0.2) is 0 Å². The zero-order valence-corrected chi connectivity index (χ0v) is 12.6. The molecule has 6 heteroatoms. The van der Waals surface area contributed by atoms with Crippen molar-refractivity contribution in [1.29, 1.82) is 0 Å². The third kappa shape index (κ3) is 3.84. The van der Waals surface area contributed by atoms with Gasteiger partial charge in [-0.15, -0.1) is 32.9 Å². The molecule has 4 nitrogen and oxygen atoms in total. The van der Waals surface area contributed by atoms with Gasteiger partial charge in [-0.3, -0.25) is 5.43 Å². The summed E-state index contributed by atoms with van der Waals surface area (Å²) in [6.45, 7) is 0. The van der Waals surface area contributed by atoms with E-state index in [2.05, 4.69) is 20.8 Å². The quantitative estimate of drug-likeness (QED) is 0.299. The topological polar surface area (TPSA) is 49.1 Å². The molecule has 0 atom stereocenters. The fraction of sp³-hybridized carbons (Fsp3) is 0. The summed E-state index contributed by atoms with van der Waals surface area (Å²) in [5.74, 6) is 0.553. The highest BCUT2D eigenvalue weighted by atomic mass is 32.1. The van der Waals surface area contributed by atoms with E-state index in [9.17, 15) is 0 Å². The number of nitrogens with zero attached hydrogens (tertiary/aromatic N) is 3. The molecule has 0 saturated heterocycles. The SMILES string of the molecule is c1ccc(/C(N=Nc2cccs2)=N\Nc2cccs2)cc1. The Kier molecular flexibility index (Phi) is 4.50. The van der Waals surface area contributed by atoms with E-state index >= 15 is 0 Å². The molecule has 0 aliphatic rings. The normalized spacial score (nSPS) is 11.9. The summed E-state index contributed by atoms with van der Waals surface area (Å²) in [6.07, 6.45) is 0. The van der Waals surface area contributed by atoms with E-state index in [1.54, 1.807) is 22.7 Å². The number of benzene rings is 1. The van der Waals surface area contributed by atoms with Gasteiger partial charge in [0.15, 0.2) is 0 Å². The summed E-state index contributed by atoms with van der Waals surface area (Å²) < 4.78 is 0. The lowest BCUT2D eigenvalue weighted by atomic mass is 10.2. The Labute approximate surface area is 130 Å². The Morgan fingerprint density at radius 1 is 0.857 bits per heavy atom. The van der Waals surface area contributed by atoms with Crippen molar-refractivity contribution in [2.45, 2.75) is 0 Å². The summed E-state index contributed by atoms with van der Waals surface area (Å²) in [6, 6.07) is 17.6. The molecule has 21 heavy (non-hydrogen) atoms. The minimum absolute atomic E-state index is 0.553. The maximum atomic E-state index is 4.36. The first kappa shape index (κ1) is 13.7. The number of thiophene rings is 2.